The van der Waals surface area contributed by atoms with E-state index in [1.54, 1.807) is 0 Å². The molecule has 2 aromatic carbocycles. The van der Waals surface area contributed by atoms with Crippen molar-refractivity contribution in [3.05, 3.63) is 68.7 Å². The second-order valence-corrected chi connectivity index (χ2v) is 6.98. The number of allylic oxidation sites excluding steroid dienone is 2. The van der Waals surface area contributed by atoms with Crippen molar-refractivity contribution >= 4 is 39.2 Å². The van der Waals surface area contributed by atoms with Gasteiger partial charge in [0.05, 0.1) is 10.6 Å². The molecule has 0 amide bonds. The molecule has 1 N–H and O–H groups in total. The van der Waals surface area contributed by atoms with Crippen LogP contribution in [0.3, 0.4) is 0 Å². The first-order valence-electron chi connectivity index (χ1n) is 6.61. The normalized spacial score (nSPS) is 13.7. The van der Waals surface area contributed by atoms with E-state index in [1.807, 2.05) is 56.3 Å². The molecule has 0 aliphatic carbocycles. The Morgan fingerprint density at radius 1 is 1.10 bits per heavy atom. The van der Waals surface area contributed by atoms with E-state index in [1.165, 1.54) is 11.8 Å². The summed E-state index contributed by atoms with van der Waals surface area (Å²) in [6.45, 7) is 3.96. The zero-order valence-electron chi connectivity index (χ0n) is 11.7. The quantitative estimate of drug-likeness (QED) is 0.728. The molecule has 3 rings (SSSR count). The predicted molar refractivity (Wildman–Crippen MR) is 91.8 cm³/mol. The second kappa shape index (κ2) is 5.70. The van der Waals surface area contributed by atoms with Crippen LogP contribution in [0.15, 0.2) is 62.4 Å². The molecule has 21 heavy (non-hydrogen) atoms. The average Bonchev–Trinajstić information content (AvgIpc) is 2.46. The van der Waals surface area contributed by atoms with Crippen molar-refractivity contribution < 1.29 is 4.79 Å². The molecule has 106 valence electrons. The van der Waals surface area contributed by atoms with Gasteiger partial charge >= 0.3 is 0 Å². The van der Waals surface area contributed by atoms with Crippen molar-refractivity contribution in [1.82, 2.24) is 0 Å². The minimum Gasteiger partial charge on any atom is -0.357 e. The van der Waals surface area contributed by atoms with Crippen LogP contribution in [0, 0.1) is 6.92 Å². The van der Waals surface area contributed by atoms with E-state index in [4.69, 9.17) is 0 Å². The van der Waals surface area contributed by atoms with Crippen molar-refractivity contribution in [3.63, 3.8) is 0 Å². The van der Waals surface area contributed by atoms with Crippen molar-refractivity contribution in [2.75, 3.05) is 5.32 Å². The number of anilines is 1. The molecule has 2 aromatic rings. The van der Waals surface area contributed by atoms with Crippen LogP contribution in [-0.4, -0.2) is 5.78 Å². The lowest BCUT2D eigenvalue weighted by Gasteiger charge is -2.21. The molecule has 1 heterocycles. The Bertz CT molecular complexity index is 750. The summed E-state index contributed by atoms with van der Waals surface area (Å²) in [5, 5.41) is 3.32. The average molecular weight is 360 g/mol. The molecular weight excluding hydrogens is 346 g/mol. The fourth-order valence-electron chi connectivity index (χ4n) is 2.19. The van der Waals surface area contributed by atoms with Crippen LogP contribution >= 0.6 is 27.7 Å². The van der Waals surface area contributed by atoms with Crippen LogP contribution in [-0.2, 0) is 0 Å². The van der Waals surface area contributed by atoms with E-state index >= 15 is 0 Å². The maximum Gasteiger partial charge on any atom is 0.201 e. The van der Waals surface area contributed by atoms with Gasteiger partial charge in [-0.3, -0.25) is 4.79 Å². The number of carbonyl (C=O) groups is 1. The smallest absolute Gasteiger partial charge is 0.201 e. The highest BCUT2D eigenvalue weighted by atomic mass is 79.9. The zero-order valence-corrected chi connectivity index (χ0v) is 14.1. The number of nitrogens with one attached hydrogen (secondary N) is 1. The number of ketones is 1. The summed E-state index contributed by atoms with van der Waals surface area (Å²) in [4.78, 5) is 14.5. The van der Waals surface area contributed by atoms with E-state index in [0.717, 1.165) is 36.8 Å². The van der Waals surface area contributed by atoms with Gasteiger partial charge in [0.25, 0.3) is 0 Å². The summed E-state index contributed by atoms with van der Waals surface area (Å²) in [6.07, 6.45) is 0. The molecule has 0 atom stereocenters. The highest BCUT2D eigenvalue weighted by Crippen LogP contribution is 2.41. The fraction of sp³-hybridized carbons (Fsp3) is 0.118. The Kier molecular flexibility index (Phi) is 3.91. The highest BCUT2D eigenvalue weighted by Gasteiger charge is 2.22. The first-order valence-corrected chi connectivity index (χ1v) is 8.22. The van der Waals surface area contributed by atoms with Gasteiger partial charge in [-0.05, 0) is 32.0 Å². The van der Waals surface area contributed by atoms with E-state index < -0.39 is 0 Å². The van der Waals surface area contributed by atoms with Crippen LogP contribution in [0.25, 0.3) is 0 Å². The third kappa shape index (κ3) is 2.92. The second-order valence-electron chi connectivity index (χ2n) is 5.02. The molecule has 0 saturated heterocycles. The lowest BCUT2D eigenvalue weighted by molar-refractivity contribution is 0.104. The molecule has 0 saturated carbocycles. The van der Waals surface area contributed by atoms with E-state index in [0.29, 0.717) is 0 Å². The van der Waals surface area contributed by atoms with Gasteiger partial charge in [0.15, 0.2) is 0 Å². The van der Waals surface area contributed by atoms with Gasteiger partial charge in [-0.2, -0.15) is 0 Å². The number of hydrogen-bond acceptors (Lipinski definition) is 3. The molecule has 0 radical (unpaired) electrons. The minimum atomic E-state index is 0.0681. The van der Waals surface area contributed by atoms with Crippen LogP contribution in [0.1, 0.15) is 22.8 Å². The Balaban J connectivity index is 1.94. The largest absolute Gasteiger partial charge is 0.357 e. The number of fused-ring (bicyclic) bond motifs is 1. The molecule has 1 aliphatic rings. The van der Waals surface area contributed by atoms with Crippen molar-refractivity contribution in [3.8, 4) is 0 Å². The Labute approximate surface area is 136 Å². The molecular formula is C17H14BrNOS. The molecule has 4 heteroatoms. The molecule has 2 nitrogen and oxygen atoms in total. The number of hydrogen-bond donors (Lipinski definition) is 1. The molecule has 0 aromatic heterocycles. The first-order chi connectivity index (χ1) is 10.0. The number of thioether (sulfide) groups is 1. The number of rotatable bonds is 2. The monoisotopic (exact) mass is 359 g/mol. The SMILES string of the molecule is CC1=C(C(=O)c2ccc(C)cc2)Sc2ccc(Br)cc2N1. The topological polar surface area (TPSA) is 29.1 Å². The summed E-state index contributed by atoms with van der Waals surface area (Å²) in [7, 11) is 0. The summed E-state index contributed by atoms with van der Waals surface area (Å²) in [5.41, 5.74) is 3.81. The standard InChI is InChI=1S/C17H14BrNOS/c1-10-3-5-12(6-4-10)16(20)17-11(2)19-14-9-13(18)7-8-15(14)21-17/h3-9,19H,1-2H3. The van der Waals surface area contributed by atoms with Gasteiger partial charge in [0.2, 0.25) is 5.78 Å². The fourth-order valence-corrected chi connectivity index (χ4v) is 3.54. The number of halogens is 1. The van der Waals surface area contributed by atoms with Crippen LogP contribution in [0.2, 0.25) is 0 Å². The summed E-state index contributed by atoms with van der Waals surface area (Å²) < 4.78 is 1.02. The third-order valence-corrected chi connectivity index (χ3v) is 5.10. The first kappa shape index (κ1) is 14.4. The highest BCUT2D eigenvalue weighted by molar-refractivity contribution is 9.10. The van der Waals surface area contributed by atoms with E-state index in [9.17, 15) is 4.79 Å². The van der Waals surface area contributed by atoms with E-state index in [-0.39, 0.29) is 5.78 Å². The maximum absolute atomic E-state index is 12.7. The maximum atomic E-state index is 12.7. The van der Waals surface area contributed by atoms with Crippen molar-refractivity contribution in [2.45, 2.75) is 18.7 Å². The minimum absolute atomic E-state index is 0.0681. The van der Waals surface area contributed by atoms with Crippen LogP contribution in [0.4, 0.5) is 5.69 Å². The van der Waals surface area contributed by atoms with Crippen molar-refractivity contribution in [1.29, 1.82) is 0 Å². The molecule has 0 unspecified atom stereocenters. The lowest BCUT2D eigenvalue weighted by atomic mass is 10.1. The van der Waals surface area contributed by atoms with Crippen molar-refractivity contribution in [2.24, 2.45) is 0 Å². The van der Waals surface area contributed by atoms with Gasteiger partial charge in [0.1, 0.15) is 0 Å². The summed E-state index contributed by atoms with van der Waals surface area (Å²) in [5.74, 6) is 0.0681. The summed E-state index contributed by atoms with van der Waals surface area (Å²) >= 11 is 4.99. The number of aryl methyl sites for hydroxylation is 1. The zero-order chi connectivity index (χ0) is 15.0. The van der Waals surface area contributed by atoms with Crippen LogP contribution < -0.4 is 5.32 Å². The lowest BCUT2D eigenvalue weighted by Crippen LogP contribution is -2.12. The van der Waals surface area contributed by atoms with Gasteiger partial charge in [-0.15, -0.1) is 0 Å². The van der Waals surface area contributed by atoms with Gasteiger partial charge in [-0.25, -0.2) is 0 Å². The molecule has 0 spiro atoms. The van der Waals surface area contributed by atoms with Gasteiger partial charge in [0, 0.05) is 20.6 Å². The summed E-state index contributed by atoms with van der Waals surface area (Å²) in [6, 6.07) is 13.7. The molecule has 1 aliphatic heterocycles. The Hall–Kier alpha value is -1.52. The Morgan fingerprint density at radius 2 is 1.81 bits per heavy atom. The van der Waals surface area contributed by atoms with Crippen LogP contribution in [0.5, 0.6) is 0 Å². The van der Waals surface area contributed by atoms with E-state index in [2.05, 4.69) is 21.2 Å². The van der Waals surface area contributed by atoms with Gasteiger partial charge < -0.3 is 5.32 Å². The number of benzene rings is 2. The molecule has 0 fully saturated rings. The molecule has 0 bridgehead atoms. The Morgan fingerprint density at radius 3 is 2.52 bits per heavy atom. The van der Waals surface area contributed by atoms with Gasteiger partial charge in [-0.1, -0.05) is 57.5 Å². The third-order valence-electron chi connectivity index (χ3n) is 3.34. The number of Topliss-reactive ketones (excluding diaryl/α,β-unsaturated/α-hetero) is 1. The number of carbonyl (C=O) groups excluding carboxylic acids is 1. The predicted octanol–water partition coefficient (Wildman–Crippen LogP) is 5.39.